The molecule has 0 aromatic heterocycles. The molecule has 0 atom stereocenters. The van der Waals surface area contributed by atoms with Crippen molar-refractivity contribution >= 4 is 23.2 Å². The number of hydrogen-bond acceptors (Lipinski definition) is 3. The predicted octanol–water partition coefficient (Wildman–Crippen LogP) is 2.93. The first-order valence-electron chi connectivity index (χ1n) is 8.68. The summed E-state index contributed by atoms with van der Waals surface area (Å²) in [5.74, 6) is 0.236. The van der Waals surface area contributed by atoms with E-state index in [0.29, 0.717) is 11.8 Å². The molecule has 4 nitrogen and oxygen atoms in total. The summed E-state index contributed by atoms with van der Waals surface area (Å²) in [6, 6.07) is 15.9. The van der Waals surface area contributed by atoms with Crippen molar-refractivity contribution in [1.29, 1.82) is 0 Å². The third kappa shape index (κ3) is 3.65. The average Bonchev–Trinajstić information content (AvgIpc) is 2.53. The zero-order chi connectivity index (χ0) is 17.3. The van der Waals surface area contributed by atoms with E-state index < -0.39 is 0 Å². The monoisotopic (exact) mass is 355 g/mol. The van der Waals surface area contributed by atoms with E-state index in [1.54, 1.807) is 0 Å². The van der Waals surface area contributed by atoms with Crippen molar-refractivity contribution < 1.29 is 4.79 Å². The lowest BCUT2D eigenvalue weighted by Crippen LogP contribution is -2.72. The van der Waals surface area contributed by atoms with Crippen molar-refractivity contribution in [2.24, 2.45) is 5.41 Å². The minimum Gasteiger partial charge on any atom is -0.381 e. The number of benzene rings is 2. The van der Waals surface area contributed by atoms with E-state index in [4.69, 9.17) is 11.6 Å². The molecule has 1 spiro atoms. The lowest BCUT2D eigenvalue weighted by atomic mass is 9.74. The van der Waals surface area contributed by atoms with Crippen LogP contribution in [0.4, 0.5) is 5.69 Å². The second kappa shape index (κ2) is 6.70. The first-order chi connectivity index (χ1) is 12.1. The van der Waals surface area contributed by atoms with Gasteiger partial charge in [0.15, 0.2) is 0 Å². The van der Waals surface area contributed by atoms with Crippen LogP contribution in [-0.2, 0) is 17.8 Å². The third-order valence-electron chi connectivity index (χ3n) is 5.12. The number of amides is 1. The maximum atomic E-state index is 12.3. The summed E-state index contributed by atoms with van der Waals surface area (Å²) in [5, 5.41) is 7.43. The first kappa shape index (κ1) is 16.4. The fourth-order valence-electron chi connectivity index (χ4n) is 3.48. The lowest BCUT2D eigenvalue weighted by molar-refractivity contribution is -0.146. The Labute approximate surface area is 153 Å². The number of nitrogens with one attached hydrogen (secondary N) is 2. The quantitative estimate of drug-likeness (QED) is 0.866. The summed E-state index contributed by atoms with van der Waals surface area (Å²) in [6.07, 6.45) is 0.487. The Morgan fingerprint density at radius 2 is 1.68 bits per heavy atom. The fourth-order valence-corrected chi connectivity index (χ4v) is 3.60. The van der Waals surface area contributed by atoms with Crippen molar-refractivity contribution in [1.82, 2.24) is 10.2 Å². The van der Waals surface area contributed by atoms with E-state index in [-0.39, 0.29) is 5.91 Å². The Morgan fingerprint density at radius 1 is 1.04 bits per heavy atom. The number of anilines is 1. The Morgan fingerprint density at radius 3 is 2.28 bits per heavy atom. The summed E-state index contributed by atoms with van der Waals surface area (Å²) in [7, 11) is 0. The van der Waals surface area contributed by atoms with Crippen molar-refractivity contribution in [3.05, 3.63) is 64.7 Å². The highest BCUT2D eigenvalue weighted by molar-refractivity contribution is 6.30. The first-order valence-corrected chi connectivity index (χ1v) is 9.06. The van der Waals surface area contributed by atoms with E-state index >= 15 is 0 Å². The summed E-state index contributed by atoms with van der Waals surface area (Å²) >= 11 is 5.90. The summed E-state index contributed by atoms with van der Waals surface area (Å²) < 4.78 is 0. The van der Waals surface area contributed by atoms with Gasteiger partial charge >= 0.3 is 0 Å². The number of nitrogens with zero attached hydrogens (tertiary/aromatic N) is 1. The summed E-state index contributed by atoms with van der Waals surface area (Å²) in [6.45, 7) is 4.70. The van der Waals surface area contributed by atoms with Gasteiger partial charge in [0.2, 0.25) is 5.91 Å². The molecule has 2 fully saturated rings. The largest absolute Gasteiger partial charge is 0.381 e. The molecule has 2 heterocycles. The summed E-state index contributed by atoms with van der Waals surface area (Å²) in [5.41, 5.74) is 3.69. The summed E-state index contributed by atoms with van der Waals surface area (Å²) in [4.78, 5) is 14.3. The van der Waals surface area contributed by atoms with Crippen LogP contribution < -0.4 is 10.6 Å². The molecule has 1 amide bonds. The molecule has 5 heteroatoms. The maximum absolute atomic E-state index is 12.3. The van der Waals surface area contributed by atoms with Crippen molar-refractivity contribution in [3.63, 3.8) is 0 Å². The highest BCUT2D eigenvalue weighted by atomic mass is 35.5. The molecule has 2 aromatic carbocycles. The molecular formula is C20H22ClN3O. The van der Waals surface area contributed by atoms with Crippen LogP contribution in [0, 0.1) is 5.41 Å². The van der Waals surface area contributed by atoms with E-state index in [9.17, 15) is 4.79 Å². The van der Waals surface area contributed by atoms with Gasteiger partial charge in [-0.15, -0.1) is 0 Å². The Bertz CT molecular complexity index is 746. The van der Waals surface area contributed by atoms with E-state index in [1.807, 2.05) is 53.4 Å². The Kier molecular flexibility index (Phi) is 4.40. The second-order valence-corrected chi connectivity index (χ2v) is 7.64. The molecule has 130 valence electrons. The Hall–Kier alpha value is -2.04. The zero-order valence-corrected chi connectivity index (χ0v) is 14.9. The number of likely N-dealkylation sites (tertiary alicyclic amines) is 1. The van der Waals surface area contributed by atoms with Crippen LogP contribution in [0.1, 0.15) is 11.1 Å². The highest BCUT2D eigenvalue weighted by Crippen LogP contribution is 2.34. The molecule has 2 saturated heterocycles. The molecule has 2 aliphatic heterocycles. The van der Waals surface area contributed by atoms with Crippen LogP contribution in [0.25, 0.3) is 0 Å². The van der Waals surface area contributed by atoms with Crippen LogP contribution in [-0.4, -0.2) is 37.0 Å². The molecule has 0 bridgehead atoms. The van der Waals surface area contributed by atoms with E-state index in [1.165, 1.54) is 5.56 Å². The number of carbonyl (C=O) groups excluding carboxylic acids is 1. The number of carbonyl (C=O) groups is 1. The van der Waals surface area contributed by atoms with Gasteiger partial charge in [0.25, 0.3) is 0 Å². The minimum absolute atomic E-state index is 0.236. The maximum Gasteiger partial charge on any atom is 0.227 e. The van der Waals surface area contributed by atoms with Crippen molar-refractivity contribution in [2.75, 3.05) is 31.5 Å². The molecule has 2 aliphatic rings. The van der Waals surface area contributed by atoms with Crippen LogP contribution >= 0.6 is 11.6 Å². The average molecular weight is 356 g/mol. The molecule has 0 aliphatic carbocycles. The standard InChI is InChI=1S/C20H22ClN3O/c21-17-5-1-16(2-6-17)10-23-18-7-3-15(4-8-18)9-19(25)24-13-20(14-24)11-22-12-20/h1-8,22-23H,9-14H2. The van der Waals surface area contributed by atoms with Crippen molar-refractivity contribution in [2.45, 2.75) is 13.0 Å². The highest BCUT2D eigenvalue weighted by Gasteiger charge is 2.48. The van der Waals surface area contributed by atoms with Crippen LogP contribution in [0.15, 0.2) is 48.5 Å². The number of rotatable bonds is 5. The van der Waals surface area contributed by atoms with Crippen LogP contribution in [0.2, 0.25) is 5.02 Å². The normalized spacial score (nSPS) is 17.7. The molecule has 25 heavy (non-hydrogen) atoms. The van der Waals surface area contributed by atoms with Gasteiger partial charge in [-0.05, 0) is 35.4 Å². The predicted molar refractivity (Wildman–Crippen MR) is 101 cm³/mol. The van der Waals surface area contributed by atoms with Gasteiger partial charge in [-0.25, -0.2) is 0 Å². The SMILES string of the molecule is O=C(Cc1ccc(NCc2ccc(Cl)cc2)cc1)N1CC2(CNC2)C1. The zero-order valence-electron chi connectivity index (χ0n) is 14.1. The fraction of sp³-hybridized carbons (Fsp3) is 0.350. The Balaban J connectivity index is 1.26. The smallest absolute Gasteiger partial charge is 0.227 e. The van der Waals surface area contributed by atoms with Gasteiger partial charge < -0.3 is 15.5 Å². The molecule has 0 saturated carbocycles. The van der Waals surface area contributed by atoms with Gasteiger partial charge in [-0.3, -0.25) is 4.79 Å². The van der Waals surface area contributed by atoms with Gasteiger partial charge in [-0.2, -0.15) is 0 Å². The number of hydrogen-bond donors (Lipinski definition) is 2. The molecule has 2 aromatic rings. The molecule has 2 N–H and O–H groups in total. The minimum atomic E-state index is 0.236. The molecule has 4 rings (SSSR count). The lowest BCUT2D eigenvalue weighted by Gasteiger charge is -2.56. The van der Waals surface area contributed by atoms with Crippen LogP contribution in [0.3, 0.4) is 0 Å². The van der Waals surface area contributed by atoms with Gasteiger partial charge in [0.1, 0.15) is 0 Å². The topological polar surface area (TPSA) is 44.4 Å². The molecule has 0 unspecified atom stereocenters. The van der Waals surface area contributed by atoms with Gasteiger partial charge in [0.05, 0.1) is 6.42 Å². The third-order valence-corrected chi connectivity index (χ3v) is 5.38. The second-order valence-electron chi connectivity index (χ2n) is 7.21. The van der Waals surface area contributed by atoms with Gasteiger partial charge in [0, 0.05) is 48.8 Å². The van der Waals surface area contributed by atoms with Crippen molar-refractivity contribution in [3.8, 4) is 0 Å². The van der Waals surface area contributed by atoms with Crippen LogP contribution in [0.5, 0.6) is 0 Å². The van der Waals surface area contributed by atoms with Gasteiger partial charge in [-0.1, -0.05) is 35.9 Å². The molecule has 0 radical (unpaired) electrons. The van der Waals surface area contributed by atoms with E-state index in [0.717, 1.165) is 49.0 Å². The molecular weight excluding hydrogens is 334 g/mol. The van der Waals surface area contributed by atoms with E-state index in [2.05, 4.69) is 10.6 Å². The number of halogens is 1.